The van der Waals surface area contributed by atoms with Gasteiger partial charge in [0.2, 0.25) is 5.91 Å². The molecule has 8 heteroatoms. The highest BCUT2D eigenvalue weighted by molar-refractivity contribution is 8.13. The molecule has 7 nitrogen and oxygen atoms in total. The molecule has 3 amide bonds. The smallest absolute Gasteiger partial charge is 0.318 e. The molecule has 2 rings (SSSR count). The van der Waals surface area contributed by atoms with Crippen molar-refractivity contribution in [2.24, 2.45) is 5.92 Å². The van der Waals surface area contributed by atoms with Crippen LogP contribution in [0.1, 0.15) is 58.1 Å². The van der Waals surface area contributed by atoms with Gasteiger partial charge in [-0.25, -0.2) is 4.79 Å². The Bertz CT molecular complexity index is 680. The van der Waals surface area contributed by atoms with Gasteiger partial charge in [0.1, 0.15) is 6.04 Å². The molecule has 1 aliphatic carbocycles. The Morgan fingerprint density at radius 2 is 1.97 bits per heavy atom. The maximum absolute atomic E-state index is 12.8. The van der Waals surface area contributed by atoms with Gasteiger partial charge >= 0.3 is 6.03 Å². The van der Waals surface area contributed by atoms with Crippen LogP contribution in [0.15, 0.2) is 24.4 Å². The van der Waals surface area contributed by atoms with Gasteiger partial charge in [-0.05, 0) is 31.4 Å². The number of amides is 3. The second-order valence-electron chi connectivity index (χ2n) is 7.83. The van der Waals surface area contributed by atoms with Crippen molar-refractivity contribution >= 4 is 28.8 Å². The lowest BCUT2D eigenvalue weighted by Crippen LogP contribution is -2.50. The highest BCUT2D eigenvalue weighted by atomic mass is 32.2. The van der Waals surface area contributed by atoms with Crippen molar-refractivity contribution in [1.29, 1.82) is 0 Å². The van der Waals surface area contributed by atoms with Crippen molar-refractivity contribution in [3.05, 3.63) is 30.1 Å². The molecule has 0 unspecified atom stereocenters. The minimum Gasteiger partial charge on any atom is -0.349 e. The highest BCUT2D eigenvalue weighted by Gasteiger charge is 2.22. The molecule has 0 saturated heterocycles. The third kappa shape index (κ3) is 9.15. The van der Waals surface area contributed by atoms with E-state index < -0.39 is 6.04 Å². The van der Waals surface area contributed by atoms with Crippen LogP contribution in [-0.2, 0) is 16.1 Å². The van der Waals surface area contributed by atoms with E-state index in [9.17, 15) is 14.4 Å². The first-order valence-corrected chi connectivity index (χ1v) is 11.8. The number of nitrogens with one attached hydrogen (secondary N) is 2. The minimum absolute atomic E-state index is 0.0462. The lowest BCUT2D eigenvalue weighted by Gasteiger charge is -2.28. The first-order valence-electron chi connectivity index (χ1n) is 10.8. The molecule has 1 fully saturated rings. The molecule has 1 atom stereocenters. The van der Waals surface area contributed by atoms with Crippen LogP contribution in [0.5, 0.6) is 0 Å². The summed E-state index contributed by atoms with van der Waals surface area (Å²) in [5.41, 5.74) is 0.764. The van der Waals surface area contributed by atoms with E-state index in [4.69, 9.17) is 0 Å². The van der Waals surface area contributed by atoms with E-state index in [1.54, 1.807) is 18.0 Å². The van der Waals surface area contributed by atoms with Crippen LogP contribution in [0.2, 0.25) is 0 Å². The van der Waals surface area contributed by atoms with Crippen molar-refractivity contribution in [3.63, 3.8) is 0 Å². The fourth-order valence-electron chi connectivity index (χ4n) is 3.60. The summed E-state index contributed by atoms with van der Waals surface area (Å²) in [4.78, 5) is 42.3. The van der Waals surface area contributed by atoms with Gasteiger partial charge in [-0.3, -0.25) is 14.6 Å². The zero-order chi connectivity index (χ0) is 21.8. The monoisotopic (exact) mass is 434 g/mol. The van der Waals surface area contributed by atoms with Gasteiger partial charge in [-0.1, -0.05) is 49.9 Å². The van der Waals surface area contributed by atoms with Crippen molar-refractivity contribution in [3.8, 4) is 0 Å². The molecule has 166 valence electrons. The summed E-state index contributed by atoms with van der Waals surface area (Å²) in [6.07, 6.45) is 8.94. The van der Waals surface area contributed by atoms with Crippen LogP contribution < -0.4 is 10.6 Å². The fourth-order valence-corrected chi connectivity index (χ4v) is 4.20. The third-order valence-corrected chi connectivity index (χ3v) is 6.18. The second-order valence-corrected chi connectivity index (χ2v) is 9.10. The number of carbonyl (C=O) groups excluding carboxylic acids is 3. The Labute approximate surface area is 183 Å². The number of aromatic nitrogens is 1. The summed E-state index contributed by atoms with van der Waals surface area (Å²) >= 11 is 1.22. The fraction of sp³-hybridized carbons (Fsp3) is 0.636. The molecular weight excluding hydrogens is 400 g/mol. The average molecular weight is 435 g/mol. The third-order valence-electron chi connectivity index (χ3n) is 5.39. The van der Waals surface area contributed by atoms with E-state index in [-0.39, 0.29) is 17.1 Å². The summed E-state index contributed by atoms with van der Waals surface area (Å²) in [6, 6.07) is 4.61. The van der Waals surface area contributed by atoms with E-state index in [0.717, 1.165) is 12.1 Å². The molecule has 1 heterocycles. The molecule has 1 aliphatic rings. The number of nitrogens with zero attached hydrogens (tertiary/aromatic N) is 2. The summed E-state index contributed by atoms with van der Waals surface area (Å²) in [5, 5.41) is 5.65. The predicted molar refractivity (Wildman–Crippen MR) is 120 cm³/mol. The number of rotatable bonds is 10. The molecule has 1 saturated carbocycles. The van der Waals surface area contributed by atoms with Crippen molar-refractivity contribution in [2.75, 3.05) is 18.8 Å². The molecule has 0 spiro atoms. The number of carbonyl (C=O) groups is 3. The first-order chi connectivity index (χ1) is 14.5. The zero-order valence-corrected chi connectivity index (χ0v) is 18.9. The Balaban J connectivity index is 1.83. The van der Waals surface area contributed by atoms with E-state index in [2.05, 4.69) is 15.6 Å². The van der Waals surface area contributed by atoms with Crippen LogP contribution in [0.3, 0.4) is 0 Å². The molecule has 1 aromatic rings. The molecule has 1 aromatic heterocycles. The number of hydrogen-bond donors (Lipinski definition) is 2. The van der Waals surface area contributed by atoms with E-state index in [1.807, 2.05) is 18.2 Å². The molecule has 0 aromatic carbocycles. The summed E-state index contributed by atoms with van der Waals surface area (Å²) in [7, 11) is 0. The van der Waals surface area contributed by atoms with Gasteiger partial charge in [0.25, 0.3) is 0 Å². The topological polar surface area (TPSA) is 91.4 Å². The van der Waals surface area contributed by atoms with Gasteiger partial charge in [0.05, 0.1) is 12.2 Å². The highest BCUT2D eigenvalue weighted by Crippen LogP contribution is 2.26. The molecule has 2 N–H and O–H groups in total. The molecule has 0 aliphatic heterocycles. The summed E-state index contributed by atoms with van der Waals surface area (Å²) < 4.78 is 0. The quantitative estimate of drug-likeness (QED) is 0.589. The van der Waals surface area contributed by atoms with Gasteiger partial charge in [0.15, 0.2) is 5.12 Å². The van der Waals surface area contributed by atoms with Crippen molar-refractivity contribution in [2.45, 2.75) is 65.0 Å². The zero-order valence-electron chi connectivity index (χ0n) is 18.1. The van der Waals surface area contributed by atoms with Crippen molar-refractivity contribution < 1.29 is 14.4 Å². The van der Waals surface area contributed by atoms with Gasteiger partial charge in [-0.15, -0.1) is 0 Å². The lowest BCUT2D eigenvalue weighted by molar-refractivity contribution is -0.122. The normalized spacial score (nSPS) is 15.3. The Morgan fingerprint density at radius 3 is 2.63 bits per heavy atom. The Morgan fingerprint density at radius 1 is 1.20 bits per heavy atom. The number of pyridine rings is 1. The van der Waals surface area contributed by atoms with Gasteiger partial charge < -0.3 is 15.5 Å². The first kappa shape index (κ1) is 24.2. The average Bonchev–Trinajstić information content (AvgIpc) is 2.75. The number of urea groups is 1. The molecule has 0 bridgehead atoms. The maximum Gasteiger partial charge on any atom is 0.318 e. The van der Waals surface area contributed by atoms with Crippen LogP contribution in [0, 0.1) is 5.92 Å². The van der Waals surface area contributed by atoms with Crippen LogP contribution in [0.25, 0.3) is 0 Å². The summed E-state index contributed by atoms with van der Waals surface area (Å²) in [5.74, 6) is 0.973. The standard InChI is InChI=1S/C22H34N4O3S/c1-17(21(28)24-16-20-10-6-7-12-23-20)25-22(29)26(14-15-30-18(2)27)13-11-19-8-4-3-5-9-19/h6-7,10,12,17,19H,3-5,8-9,11,13-16H2,1-2H3,(H,24,28)(H,25,29)/t17-/m0/s1. The van der Waals surface area contributed by atoms with Gasteiger partial charge in [-0.2, -0.15) is 0 Å². The Kier molecular flexibility index (Phi) is 10.7. The Hall–Kier alpha value is -2.09. The largest absolute Gasteiger partial charge is 0.349 e. The number of hydrogen-bond acceptors (Lipinski definition) is 5. The second kappa shape index (κ2) is 13.3. The van der Waals surface area contributed by atoms with Crippen LogP contribution >= 0.6 is 11.8 Å². The molecule has 30 heavy (non-hydrogen) atoms. The predicted octanol–water partition coefficient (Wildman–Crippen LogP) is 3.35. The lowest BCUT2D eigenvalue weighted by atomic mass is 9.87. The van der Waals surface area contributed by atoms with Crippen LogP contribution in [-0.4, -0.2) is 51.8 Å². The van der Waals surface area contributed by atoms with E-state index >= 15 is 0 Å². The van der Waals surface area contributed by atoms with Gasteiger partial charge in [0, 0.05) is 32.0 Å². The molecular formula is C22H34N4O3S. The van der Waals surface area contributed by atoms with Crippen molar-refractivity contribution in [1.82, 2.24) is 20.5 Å². The SMILES string of the molecule is CC(=O)SCCN(CCC1CCCCC1)C(=O)N[C@@H](C)C(=O)NCc1ccccn1. The molecule has 0 radical (unpaired) electrons. The van der Waals surface area contributed by atoms with E-state index in [1.165, 1.54) is 50.8 Å². The minimum atomic E-state index is -0.654. The van der Waals surface area contributed by atoms with Crippen LogP contribution in [0.4, 0.5) is 4.79 Å². The number of thioether (sulfide) groups is 1. The van der Waals surface area contributed by atoms with E-state index in [0.29, 0.717) is 31.3 Å². The summed E-state index contributed by atoms with van der Waals surface area (Å²) in [6.45, 7) is 4.67. The maximum atomic E-state index is 12.8.